The van der Waals surface area contributed by atoms with E-state index >= 15 is 0 Å². The van der Waals surface area contributed by atoms with Crippen molar-refractivity contribution in [3.63, 3.8) is 0 Å². The third-order valence-electron chi connectivity index (χ3n) is 2.55. The Labute approximate surface area is 112 Å². The summed E-state index contributed by atoms with van der Waals surface area (Å²) in [6.45, 7) is 5.09. The normalized spacial score (nSPS) is 11.9. The van der Waals surface area contributed by atoms with Gasteiger partial charge in [0.05, 0.1) is 23.5 Å². The highest BCUT2D eigenvalue weighted by atomic mass is 32.2. The van der Waals surface area contributed by atoms with Crippen molar-refractivity contribution in [3.05, 3.63) is 23.8 Å². The first-order chi connectivity index (χ1) is 8.58. The molecule has 0 aliphatic heterocycles. The number of nitrogens with one attached hydrogen (secondary N) is 1. The van der Waals surface area contributed by atoms with Crippen molar-refractivity contribution in [1.82, 2.24) is 0 Å². The van der Waals surface area contributed by atoms with Crippen LogP contribution in [-0.2, 0) is 4.74 Å². The van der Waals surface area contributed by atoms with Gasteiger partial charge in [-0.05, 0) is 31.4 Å². The molecule has 3 N–H and O–H groups in total. The molecular formula is C13H20N2O2S. The van der Waals surface area contributed by atoms with Gasteiger partial charge < -0.3 is 15.8 Å². The van der Waals surface area contributed by atoms with Crippen molar-refractivity contribution in [1.29, 1.82) is 0 Å². The topological polar surface area (TPSA) is 64.3 Å². The standard InChI is InChI=1S/C13H20N2O2S/c1-4-17-13(16)10-5-6-11(14)12(7-10)15-8-9(2)18-3/h5-7,9,15H,4,8,14H2,1-3H3. The number of rotatable bonds is 6. The summed E-state index contributed by atoms with van der Waals surface area (Å²) in [6, 6.07) is 5.13. The molecule has 4 nitrogen and oxygen atoms in total. The molecule has 0 bridgehead atoms. The summed E-state index contributed by atoms with van der Waals surface area (Å²) in [6.07, 6.45) is 2.06. The highest BCUT2D eigenvalue weighted by molar-refractivity contribution is 7.99. The number of nitrogen functional groups attached to an aromatic ring is 1. The number of hydrogen-bond acceptors (Lipinski definition) is 5. The van der Waals surface area contributed by atoms with Crippen molar-refractivity contribution in [3.8, 4) is 0 Å². The fourth-order valence-electron chi connectivity index (χ4n) is 1.39. The Kier molecular flexibility index (Phi) is 5.85. The lowest BCUT2D eigenvalue weighted by Gasteiger charge is -2.14. The van der Waals surface area contributed by atoms with E-state index < -0.39 is 0 Å². The Bertz CT molecular complexity index is 410. The maximum Gasteiger partial charge on any atom is 0.338 e. The fourth-order valence-corrected chi connectivity index (χ4v) is 1.64. The summed E-state index contributed by atoms with van der Waals surface area (Å²) in [5, 5.41) is 3.73. The van der Waals surface area contributed by atoms with E-state index in [0.717, 1.165) is 12.2 Å². The number of ether oxygens (including phenoxy) is 1. The molecule has 0 fully saturated rings. The molecule has 5 heteroatoms. The molecule has 0 aliphatic rings. The van der Waals surface area contributed by atoms with E-state index in [0.29, 0.717) is 23.1 Å². The Balaban J connectivity index is 2.78. The number of nitrogens with two attached hydrogens (primary N) is 1. The molecule has 1 rings (SSSR count). The molecule has 0 saturated carbocycles. The first kappa shape index (κ1) is 14.7. The maximum absolute atomic E-state index is 11.6. The van der Waals surface area contributed by atoms with Crippen LogP contribution in [0.1, 0.15) is 24.2 Å². The minimum Gasteiger partial charge on any atom is -0.462 e. The molecule has 0 amide bonds. The van der Waals surface area contributed by atoms with Crippen LogP contribution in [0.3, 0.4) is 0 Å². The second kappa shape index (κ2) is 7.16. The van der Waals surface area contributed by atoms with E-state index in [-0.39, 0.29) is 5.97 Å². The minimum atomic E-state index is -0.321. The predicted molar refractivity (Wildman–Crippen MR) is 78.3 cm³/mol. The van der Waals surface area contributed by atoms with Gasteiger partial charge in [0, 0.05) is 11.8 Å². The van der Waals surface area contributed by atoms with Gasteiger partial charge >= 0.3 is 5.97 Å². The number of carbonyl (C=O) groups is 1. The quantitative estimate of drug-likeness (QED) is 0.613. The molecule has 0 aromatic heterocycles. The van der Waals surface area contributed by atoms with Gasteiger partial charge in [0.25, 0.3) is 0 Å². The molecule has 0 spiro atoms. The van der Waals surface area contributed by atoms with Crippen LogP contribution >= 0.6 is 11.8 Å². The van der Waals surface area contributed by atoms with Crippen LogP contribution in [0.2, 0.25) is 0 Å². The number of carbonyl (C=O) groups excluding carboxylic acids is 1. The molecule has 1 aromatic rings. The molecular weight excluding hydrogens is 248 g/mol. The molecule has 1 aromatic carbocycles. The van der Waals surface area contributed by atoms with Crippen LogP contribution in [0.4, 0.5) is 11.4 Å². The first-order valence-electron chi connectivity index (χ1n) is 5.91. The van der Waals surface area contributed by atoms with E-state index in [1.54, 1.807) is 36.9 Å². The van der Waals surface area contributed by atoms with Crippen LogP contribution in [0, 0.1) is 0 Å². The van der Waals surface area contributed by atoms with Gasteiger partial charge in [-0.15, -0.1) is 0 Å². The van der Waals surface area contributed by atoms with Crippen LogP contribution in [-0.4, -0.2) is 30.6 Å². The average Bonchev–Trinajstić information content (AvgIpc) is 2.37. The van der Waals surface area contributed by atoms with Gasteiger partial charge in [0.15, 0.2) is 0 Å². The maximum atomic E-state index is 11.6. The number of anilines is 2. The molecule has 0 radical (unpaired) electrons. The van der Waals surface area contributed by atoms with Crippen molar-refractivity contribution in [2.24, 2.45) is 0 Å². The summed E-state index contributed by atoms with van der Waals surface area (Å²) in [5.74, 6) is -0.321. The minimum absolute atomic E-state index is 0.321. The Hall–Kier alpha value is -1.36. The van der Waals surface area contributed by atoms with E-state index in [1.807, 2.05) is 0 Å². The van der Waals surface area contributed by atoms with E-state index in [4.69, 9.17) is 10.5 Å². The Morgan fingerprint density at radius 3 is 2.89 bits per heavy atom. The lowest BCUT2D eigenvalue weighted by Crippen LogP contribution is -2.14. The molecule has 1 unspecified atom stereocenters. The summed E-state index contributed by atoms with van der Waals surface area (Å²) >= 11 is 1.77. The lowest BCUT2D eigenvalue weighted by molar-refractivity contribution is 0.0526. The number of hydrogen-bond donors (Lipinski definition) is 2. The van der Waals surface area contributed by atoms with Crippen molar-refractivity contribution >= 4 is 29.1 Å². The molecule has 0 heterocycles. The third-order valence-corrected chi connectivity index (χ3v) is 3.52. The zero-order chi connectivity index (χ0) is 13.5. The van der Waals surface area contributed by atoms with Crippen molar-refractivity contribution in [2.75, 3.05) is 30.5 Å². The Morgan fingerprint density at radius 2 is 2.28 bits per heavy atom. The molecule has 0 aliphatic carbocycles. The highest BCUT2D eigenvalue weighted by Gasteiger charge is 2.09. The van der Waals surface area contributed by atoms with E-state index in [2.05, 4.69) is 18.5 Å². The SMILES string of the molecule is CCOC(=O)c1ccc(N)c(NCC(C)SC)c1. The van der Waals surface area contributed by atoms with E-state index in [9.17, 15) is 4.79 Å². The van der Waals surface area contributed by atoms with Gasteiger partial charge in [-0.1, -0.05) is 6.92 Å². The van der Waals surface area contributed by atoms with Crippen LogP contribution in [0.5, 0.6) is 0 Å². The van der Waals surface area contributed by atoms with Crippen LogP contribution < -0.4 is 11.1 Å². The highest BCUT2D eigenvalue weighted by Crippen LogP contribution is 2.21. The van der Waals surface area contributed by atoms with Crippen LogP contribution in [0.15, 0.2) is 18.2 Å². The van der Waals surface area contributed by atoms with Crippen molar-refractivity contribution in [2.45, 2.75) is 19.1 Å². The molecule has 100 valence electrons. The van der Waals surface area contributed by atoms with Gasteiger partial charge in [-0.2, -0.15) is 11.8 Å². The van der Waals surface area contributed by atoms with Gasteiger partial charge in [-0.3, -0.25) is 0 Å². The lowest BCUT2D eigenvalue weighted by atomic mass is 10.1. The average molecular weight is 268 g/mol. The van der Waals surface area contributed by atoms with Gasteiger partial charge in [0.2, 0.25) is 0 Å². The summed E-state index contributed by atoms with van der Waals surface area (Å²) < 4.78 is 4.96. The largest absolute Gasteiger partial charge is 0.462 e. The fraction of sp³-hybridized carbons (Fsp3) is 0.462. The molecule has 1 atom stereocenters. The predicted octanol–water partition coefficient (Wildman–Crippen LogP) is 2.61. The zero-order valence-electron chi connectivity index (χ0n) is 11.0. The second-order valence-electron chi connectivity index (χ2n) is 3.95. The summed E-state index contributed by atoms with van der Waals surface area (Å²) in [5.41, 5.74) is 7.80. The second-order valence-corrected chi connectivity index (χ2v) is 5.23. The van der Waals surface area contributed by atoms with Gasteiger partial charge in [0.1, 0.15) is 0 Å². The van der Waals surface area contributed by atoms with Crippen molar-refractivity contribution < 1.29 is 9.53 Å². The number of benzene rings is 1. The summed E-state index contributed by atoms with van der Waals surface area (Å²) in [7, 11) is 0. The third kappa shape index (κ3) is 4.14. The number of thioether (sulfide) groups is 1. The van der Waals surface area contributed by atoms with Crippen LogP contribution in [0.25, 0.3) is 0 Å². The monoisotopic (exact) mass is 268 g/mol. The smallest absolute Gasteiger partial charge is 0.338 e. The van der Waals surface area contributed by atoms with Gasteiger partial charge in [-0.25, -0.2) is 4.79 Å². The molecule has 18 heavy (non-hydrogen) atoms. The zero-order valence-corrected chi connectivity index (χ0v) is 11.8. The number of esters is 1. The van der Waals surface area contributed by atoms with E-state index in [1.165, 1.54) is 0 Å². The first-order valence-corrected chi connectivity index (χ1v) is 7.20. The Morgan fingerprint density at radius 1 is 1.56 bits per heavy atom. The molecule has 0 saturated heterocycles. The summed E-state index contributed by atoms with van der Waals surface area (Å²) in [4.78, 5) is 11.6.